The fourth-order valence-corrected chi connectivity index (χ4v) is 0.956. The molecule has 0 spiro atoms. The quantitative estimate of drug-likeness (QED) is 0.475. The van der Waals surface area contributed by atoms with Gasteiger partial charge in [0.1, 0.15) is 12.1 Å². The highest BCUT2D eigenvalue weighted by molar-refractivity contribution is 7.80. The predicted octanol–water partition coefficient (Wildman–Crippen LogP) is -1.39. The van der Waals surface area contributed by atoms with Crippen molar-refractivity contribution in [2.75, 3.05) is 0 Å². The Labute approximate surface area is 69.1 Å². The Kier molecular flexibility index (Phi) is 3.58. The van der Waals surface area contributed by atoms with Crippen molar-refractivity contribution in [3.8, 4) is 0 Å². The molecule has 0 amide bonds. The van der Waals surface area contributed by atoms with E-state index in [1.807, 2.05) is 0 Å². The van der Waals surface area contributed by atoms with Gasteiger partial charge in [0, 0.05) is 0 Å². The van der Waals surface area contributed by atoms with Crippen LogP contribution < -0.4 is 5.73 Å². The molecule has 0 aliphatic heterocycles. The molecule has 8 heteroatoms. The summed E-state index contributed by atoms with van der Waals surface area (Å²) in [6, 6.07) is -1.49. The van der Waals surface area contributed by atoms with Crippen LogP contribution in [0.1, 0.15) is 6.92 Å². The summed E-state index contributed by atoms with van der Waals surface area (Å²) in [5.41, 5.74) is 4.97. The third-order valence-corrected chi connectivity index (χ3v) is 1.61. The van der Waals surface area contributed by atoms with Crippen LogP contribution in [0.4, 0.5) is 0 Å². The summed E-state index contributed by atoms with van der Waals surface area (Å²) < 4.78 is 32.1. The third-order valence-electron chi connectivity index (χ3n) is 1.06. The van der Waals surface area contributed by atoms with E-state index in [4.69, 9.17) is 15.4 Å². The van der Waals surface area contributed by atoms with Crippen LogP contribution in [0, 0.1) is 0 Å². The second-order valence-electron chi connectivity index (χ2n) is 2.09. The van der Waals surface area contributed by atoms with Crippen molar-refractivity contribution in [2.45, 2.75) is 19.1 Å². The molecule has 0 aromatic heterocycles. The molecule has 0 aliphatic rings. The van der Waals surface area contributed by atoms with Crippen molar-refractivity contribution in [3.63, 3.8) is 0 Å². The summed E-state index contributed by atoms with van der Waals surface area (Å²) in [5.74, 6) is -1.41. The van der Waals surface area contributed by atoms with E-state index < -0.39 is 28.5 Å². The van der Waals surface area contributed by atoms with Crippen molar-refractivity contribution in [2.24, 2.45) is 5.73 Å². The lowest BCUT2D eigenvalue weighted by Crippen LogP contribution is -2.42. The molecule has 0 bridgehead atoms. The van der Waals surface area contributed by atoms with Crippen LogP contribution in [0.2, 0.25) is 0 Å². The fourth-order valence-electron chi connectivity index (χ4n) is 0.452. The second kappa shape index (κ2) is 3.81. The van der Waals surface area contributed by atoms with Crippen LogP contribution in [-0.2, 0) is 19.4 Å². The van der Waals surface area contributed by atoms with E-state index in [-0.39, 0.29) is 0 Å². The minimum Gasteiger partial charge on any atom is -0.480 e. The standard InChI is InChI=1S/C4H9NO6S/c1-2(3(5)4(6)7)11-12(8,9)10/h2-3H,5H2,1H3,(H,6,7)(H,8,9,10). The van der Waals surface area contributed by atoms with E-state index >= 15 is 0 Å². The molecule has 0 heterocycles. The highest BCUT2D eigenvalue weighted by Crippen LogP contribution is 2.00. The van der Waals surface area contributed by atoms with Gasteiger partial charge in [0.15, 0.2) is 0 Å². The Morgan fingerprint density at radius 3 is 2.25 bits per heavy atom. The van der Waals surface area contributed by atoms with Gasteiger partial charge >= 0.3 is 16.4 Å². The first kappa shape index (κ1) is 11.3. The third kappa shape index (κ3) is 4.23. The zero-order valence-corrected chi connectivity index (χ0v) is 6.98. The van der Waals surface area contributed by atoms with Gasteiger partial charge in [0.05, 0.1) is 0 Å². The van der Waals surface area contributed by atoms with E-state index in [0.717, 1.165) is 6.92 Å². The molecule has 0 rings (SSSR count). The minimum atomic E-state index is -4.65. The van der Waals surface area contributed by atoms with Gasteiger partial charge in [-0.25, -0.2) is 4.18 Å². The molecule has 12 heavy (non-hydrogen) atoms. The molecule has 0 radical (unpaired) electrons. The Morgan fingerprint density at radius 1 is 1.58 bits per heavy atom. The zero-order chi connectivity index (χ0) is 9.94. The Hall–Kier alpha value is -0.700. The monoisotopic (exact) mass is 199 g/mol. The number of carboxylic acids is 1. The van der Waals surface area contributed by atoms with Crippen molar-refractivity contribution in [3.05, 3.63) is 0 Å². The highest BCUT2D eigenvalue weighted by atomic mass is 32.3. The normalized spacial score (nSPS) is 16.9. The molecule has 0 fully saturated rings. The van der Waals surface area contributed by atoms with Crippen LogP contribution >= 0.6 is 0 Å². The number of carboxylic acid groups (broad SMARTS) is 1. The molecule has 0 aliphatic carbocycles. The van der Waals surface area contributed by atoms with Crippen molar-refractivity contribution in [1.82, 2.24) is 0 Å². The number of aliphatic carboxylic acids is 1. The summed E-state index contributed by atoms with van der Waals surface area (Å²) in [6.07, 6.45) is -1.31. The molecule has 4 N–H and O–H groups in total. The number of hydrogen-bond donors (Lipinski definition) is 3. The topological polar surface area (TPSA) is 127 Å². The van der Waals surface area contributed by atoms with Gasteiger partial charge in [-0.3, -0.25) is 9.35 Å². The fraction of sp³-hybridized carbons (Fsp3) is 0.750. The summed E-state index contributed by atoms with van der Waals surface area (Å²) in [5, 5.41) is 8.27. The molecular formula is C4H9NO6S. The smallest absolute Gasteiger partial charge is 0.397 e. The van der Waals surface area contributed by atoms with Crippen molar-refractivity contribution in [1.29, 1.82) is 0 Å². The van der Waals surface area contributed by atoms with E-state index in [2.05, 4.69) is 4.18 Å². The lowest BCUT2D eigenvalue weighted by atomic mass is 10.2. The number of rotatable bonds is 4. The summed E-state index contributed by atoms with van der Waals surface area (Å²) >= 11 is 0. The SMILES string of the molecule is CC(OS(=O)(=O)O)C(N)C(=O)O. The maximum Gasteiger partial charge on any atom is 0.397 e. The first-order valence-electron chi connectivity index (χ1n) is 2.88. The summed E-state index contributed by atoms with van der Waals surface area (Å²) in [6.45, 7) is 1.12. The second-order valence-corrected chi connectivity index (χ2v) is 3.14. The Balaban J connectivity index is 4.23. The number of nitrogens with two attached hydrogens (primary N) is 1. The molecule has 2 unspecified atom stereocenters. The average Bonchev–Trinajstić information content (AvgIpc) is 1.82. The van der Waals surface area contributed by atoms with Gasteiger partial charge in [0.2, 0.25) is 0 Å². The first-order chi connectivity index (χ1) is 5.24. The molecule has 7 nitrogen and oxygen atoms in total. The van der Waals surface area contributed by atoms with Gasteiger partial charge in [-0.1, -0.05) is 0 Å². The van der Waals surface area contributed by atoms with Crippen LogP contribution in [0.25, 0.3) is 0 Å². The van der Waals surface area contributed by atoms with E-state index in [1.165, 1.54) is 0 Å². The first-order valence-corrected chi connectivity index (χ1v) is 4.24. The maximum atomic E-state index is 10.1. The maximum absolute atomic E-state index is 10.1. The average molecular weight is 199 g/mol. The molecule has 72 valence electrons. The van der Waals surface area contributed by atoms with Crippen LogP contribution in [0.15, 0.2) is 0 Å². The molecule has 0 aromatic carbocycles. The summed E-state index contributed by atoms with van der Waals surface area (Å²) in [7, 11) is -4.65. The molecule has 0 saturated heterocycles. The van der Waals surface area contributed by atoms with Crippen LogP contribution in [0.5, 0.6) is 0 Å². The molecule has 0 saturated carbocycles. The van der Waals surface area contributed by atoms with Crippen LogP contribution in [-0.4, -0.2) is 36.2 Å². The van der Waals surface area contributed by atoms with Crippen molar-refractivity contribution < 1.29 is 27.1 Å². The lowest BCUT2D eigenvalue weighted by molar-refractivity contribution is -0.140. The van der Waals surface area contributed by atoms with E-state index in [0.29, 0.717) is 0 Å². The van der Waals surface area contributed by atoms with E-state index in [9.17, 15) is 13.2 Å². The number of hydrogen-bond acceptors (Lipinski definition) is 5. The number of carbonyl (C=O) groups is 1. The minimum absolute atomic E-state index is 1.12. The summed E-state index contributed by atoms with van der Waals surface area (Å²) in [4.78, 5) is 10.1. The Bertz CT molecular complexity index is 259. The largest absolute Gasteiger partial charge is 0.480 e. The Morgan fingerprint density at radius 2 is 2.00 bits per heavy atom. The van der Waals surface area contributed by atoms with Crippen molar-refractivity contribution >= 4 is 16.4 Å². The van der Waals surface area contributed by atoms with Gasteiger partial charge in [-0.05, 0) is 6.92 Å². The van der Waals surface area contributed by atoms with Gasteiger partial charge in [-0.2, -0.15) is 8.42 Å². The molecule has 2 atom stereocenters. The zero-order valence-electron chi connectivity index (χ0n) is 6.17. The van der Waals surface area contributed by atoms with Crippen LogP contribution in [0.3, 0.4) is 0 Å². The van der Waals surface area contributed by atoms with Gasteiger partial charge in [-0.15, -0.1) is 0 Å². The molecular weight excluding hydrogens is 190 g/mol. The lowest BCUT2D eigenvalue weighted by Gasteiger charge is -2.13. The highest BCUT2D eigenvalue weighted by Gasteiger charge is 2.24. The molecule has 0 aromatic rings. The predicted molar refractivity (Wildman–Crippen MR) is 37.7 cm³/mol. The van der Waals surface area contributed by atoms with Gasteiger partial charge in [0.25, 0.3) is 0 Å². The van der Waals surface area contributed by atoms with E-state index in [1.54, 1.807) is 0 Å². The van der Waals surface area contributed by atoms with Gasteiger partial charge < -0.3 is 10.8 Å².